The average Bonchev–Trinajstić information content (AvgIpc) is 2.49. The first kappa shape index (κ1) is 13.8. The van der Waals surface area contributed by atoms with E-state index in [1.165, 1.54) is 0 Å². The van der Waals surface area contributed by atoms with Gasteiger partial charge in [-0.2, -0.15) is 5.26 Å². The minimum Gasteiger partial charge on any atom is -0.493 e. The molecule has 0 aliphatic heterocycles. The summed E-state index contributed by atoms with van der Waals surface area (Å²) in [6.45, 7) is 1.06. The van der Waals surface area contributed by atoms with Crippen molar-refractivity contribution in [2.45, 2.75) is 6.42 Å². The minimum atomic E-state index is 0.453. The van der Waals surface area contributed by atoms with Crippen LogP contribution >= 0.6 is 0 Å². The highest BCUT2D eigenvalue weighted by Crippen LogP contribution is 2.20. The van der Waals surface area contributed by atoms with Gasteiger partial charge in [-0.05, 0) is 30.3 Å². The number of anilines is 1. The number of nitrogen functional groups attached to an aromatic ring is 1. The Bertz CT molecular complexity index is 591. The van der Waals surface area contributed by atoms with Crippen LogP contribution in [-0.2, 0) is 0 Å². The fourth-order valence-electron chi connectivity index (χ4n) is 1.71. The third-order valence-corrected chi connectivity index (χ3v) is 2.68. The van der Waals surface area contributed by atoms with E-state index < -0.39 is 0 Å². The quantitative estimate of drug-likeness (QED) is 0.646. The fourth-order valence-corrected chi connectivity index (χ4v) is 1.71. The van der Waals surface area contributed by atoms with Gasteiger partial charge >= 0.3 is 0 Å². The molecule has 102 valence electrons. The smallest absolute Gasteiger partial charge is 0.137 e. The zero-order valence-electron chi connectivity index (χ0n) is 11.1. The molecular formula is C16H16N2O2. The maximum atomic E-state index is 8.98. The lowest BCUT2D eigenvalue weighted by atomic mass is 10.2. The Balaban J connectivity index is 1.75. The summed E-state index contributed by atoms with van der Waals surface area (Å²) in [5.74, 6) is 1.40. The molecule has 0 unspecified atom stereocenters. The molecule has 0 saturated carbocycles. The molecule has 4 nitrogen and oxygen atoms in total. The Kier molecular flexibility index (Phi) is 4.85. The molecule has 2 N–H and O–H groups in total. The number of benzene rings is 2. The van der Waals surface area contributed by atoms with Crippen LogP contribution in [0.25, 0.3) is 0 Å². The number of para-hydroxylation sites is 1. The van der Waals surface area contributed by atoms with Gasteiger partial charge in [-0.15, -0.1) is 0 Å². The van der Waals surface area contributed by atoms with Crippen molar-refractivity contribution in [2.24, 2.45) is 0 Å². The van der Waals surface area contributed by atoms with Gasteiger partial charge in [0, 0.05) is 12.1 Å². The topological polar surface area (TPSA) is 68.3 Å². The summed E-state index contributed by atoms with van der Waals surface area (Å²) in [5.41, 5.74) is 6.63. The molecule has 0 fully saturated rings. The van der Waals surface area contributed by atoms with Crippen molar-refractivity contribution in [1.82, 2.24) is 0 Å². The zero-order chi connectivity index (χ0) is 14.2. The van der Waals surface area contributed by atoms with Crippen LogP contribution in [0, 0.1) is 11.3 Å². The van der Waals surface area contributed by atoms with Gasteiger partial charge < -0.3 is 15.2 Å². The highest BCUT2D eigenvalue weighted by molar-refractivity contribution is 5.53. The van der Waals surface area contributed by atoms with Crippen molar-refractivity contribution in [3.8, 4) is 17.6 Å². The normalized spacial score (nSPS) is 9.75. The highest BCUT2D eigenvalue weighted by atomic mass is 16.5. The molecule has 0 atom stereocenters. The van der Waals surface area contributed by atoms with E-state index in [1.54, 1.807) is 18.2 Å². The maximum absolute atomic E-state index is 8.98. The maximum Gasteiger partial charge on any atom is 0.137 e. The van der Waals surface area contributed by atoms with E-state index in [2.05, 4.69) is 6.07 Å². The Hall–Kier alpha value is -2.67. The Morgan fingerprint density at radius 1 is 1.00 bits per heavy atom. The van der Waals surface area contributed by atoms with Crippen LogP contribution in [0.5, 0.6) is 11.5 Å². The van der Waals surface area contributed by atoms with Crippen LogP contribution in [0.15, 0.2) is 48.5 Å². The Morgan fingerprint density at radius 2 is 1.75 bits per heavy atom. The largest absolute Gasteiger partial charge is 0.493 e. The third-order valence-electron chi connectivity index (χ3n) is 2.68. The molecular weight excluding hydrogens is 252 g/mol. The van der Waals surface area contributed by atoms with E-state index in [1.807, 2.05) is 30.3 Å². The minimum absolute atomic E-state index is 0.453. The molecule has 0 bridgehead atoms. The van der Waals surface area contributed by atoms with Crippen LogP contribution in [0.1, 0.15) is 12.0 Å². The molecule has 0 radical (unpaired) electrons. The molecule has 2 aromatic carbocycles. The van der Waals surface area contributed by atoms with E-state index >= 15 is 0 Å². The van der Waals surface area contributed by atoms with Crippen LogP contribution < -0.4 is 15.2 Å². The van der Waals surface area contributed by atoms with E-state index in [0.717, 1.165) is 12.2 Å². The number of hydrogen-bond donors (Lipinski definition) is 1. The van der Waals surface area contributed by atoms with Gasteiger partial charge in [0.05, 0.1) is 18.8 Å². The van der Waals surface area contributed by atoms with Gasteiger partial charge in [0.25, 0.3) is 0 Å². The second-order valence-electron chi connectivity index (χ2n) is 4.23. The van der Waals surface area contributed by atoms with Gasteiger partial charge in [-0.25, -0.2) is 0 Å². The van der Waals surface area contributed by atoms with Gasteiger partial charge in [-0.1, -0.05) is 18.2 Å². The Morgan fingerprint density at radius 3 is 2.50 bits per heavy atom. The SMILES string of the molecule is N#Cc1cc(N)ccc1OCCCOc1ccccc1. The molecule has 20 heavy (non-hydrogen) atoms. The summed E-state index contributed by atoms with van der Waals surface area (Å²) in [7, 11) is 0. The summed E-state index contributed by atoms with van der Waals surface area (Å²) in [6.07, 6.45) is 0.740. The first-order valence-electron chi connectivity index (χ1n) is 6.40. The first-order chi connectivity index (χ1) is 9.79. The average molecular weight is 268 g/mol. The Labute approximate surface area is 118 Å². The third kappa shape index (κ3) is 3.92. The predicted molar refractivity (Wildman–Crippen MR) is 77.6 cm³/mol. The van der Waals surface area contributed by atoms with Crippen molar-refractivity contribution >= 4 is 5.69 Å². The van der Waals surface area contributed by atoms with Crippen molar-refractivity contribution in [3.05, 3.63) is 54.1 Å². The molecule has 0 aliphatic carbocycles. The molecule has 0 aromatic heterocycles. The van der Waals surface area contributed by atoms with Crippen LogP contribution in [0.4, 0.5) is 5.69 Å². The van der Waals surface area contributed by atoms with E-state index in [9.17, 15) is 0 Å². The standard InChI is InChI=1S/C16H16N2O2/c17-12-13-11-14(18)7-8-16(13)20-10-4-9-19-15-5-2-1-3-6-15/h1-3,5-8,11H,4,9-10,18H2. The van der Waals surface area contributed by atoms with E-state index in [0.29, 0.717) is 30.2 Å². The van der Waals surface area contributed by atoms with Gasteiger partial charge in [-0.3, -0.25) is 0 Å². The zero-order valence-corrected chi connectivity index (χ0v) is 11.1. The number of nitrogens with zero attached hydrogens (tertiary/aromatic N) is 1. The van der Waals surface area contributed by atoms with Gasteiger partial charge in [0.15, 0.2) is 0 Å². The molecule has 0 aliphatic rings. The van der Waals surface area contributed by atoms with E-state index in [4.69, 9.17) is 20.5 Å². The molecule has 2 rings (SSSR count). The number of rotatable bonds is 6. The predicted octanol–water partition coefficient (Wildman–Crippen LogP) is 2.99. The second-order valence-corrected chi connectivity index (χ2v) is 4.23. The fraction of sp³-hybridized carbons (Fsp3) is 0.188. The van der Waals surface area contributed by atoms with E-state index in [-0.39, 0.29) is 0 Å². The lowest BCUT2D eigenvalue weighted by molar-refractivity contribution is 0.247. The summed E-state index contributed by atoms with van der Waals surface area (Å²) < 4.78 is 11.1. The number of ether oxygens (including phenoxy) is 2. The first-order valence-corrected chi connectivity index (χ1v) is 6.40. The van der Waals surface area contributed by atoms with Crippen molar-refractivity contribution in [1.29, 1.82) is 5.26 Å². The monoisotopic (exact) mass is 268 g/mol. The number of nitriles is 1. The van der Waals surface area contributed by atoms with Crippen molar-refractivity contribution < 1.29 is 9.47 Å². The summed E-state index contributed by atoms with van der Waals surface area (Å²) in [6, 6.07) is 16.7. The molecule has 0 heterocycles. The van der Waals surface area contributed by atoms with Crippen LogP contribution in [0.3, 0.4) is 0 Å². The summed E-state index contributed by atoms with van der Waals surface area (Å²) >= 11 is 0. The van der Waals surface area contributed by atoms with Gasteiger partial charge in [0.1, 0.15) is 17.6 Å². The van der Waals surface area contributed by atoms with Crippen LogP contribution in [-0.4, -0.2) is 13.2 Å². The van der Waals surface area contributed by atoms with Crippen molar-refractivity contribution in [3.63, 3.8) is 0 Å². The van der Waals surface area contributed by atoms with Crippen LogP contribution in [0.2, 0.25) is 0 Å². The second kappa shape index (κ2) is 7.05. The number of nitrogens with two attached hydrogens (primary N) is 1. The number of hydrogen-bond acceptors (Lipinski definition) is 4. The van der Waals surface area contributed by atoms with Crippen molar-refractivity contribution in [2.75, 3.05) is 18.9 Å². The summed E-state index contributed by atoms with van der Waals surface area (Å²) in [4.78, 5) is 0. The highest BCUT2D eigenvalue weighted by Gasteiger charge is 2.03. The molecule has 0 spiro atoms. The molecule has 0 amide bonds. The summed E-state index contributed by atoms with van der Waals surface area (Å²) in [5, 5.41) is 8.98. The lowest BCUT2D eigenvalue weighted by Crippen LogP contribution is -2.05. The van der Waals surface area contributed by atoms with Gasteiger partial charge in [0.2, 0.25) is 0 Å². The molecule has 0 saturated heterocycles. The molecule has 4 heteroatoms. The molecule has 2 aromatic rings. The lowest BCUT2D eigenvalue weighted by Gasteiger charge is -2.09.